The molecule has 1 aliphatic carbocycles. The van der Waals surface area contributed by atoms with Gasteiger partial charge in [-0.3, -0.25) is 5.32 Å². The van der Waals surface area contributed by atoms with Crippen LogP contribution in [0.5, 0.6) is 0 Å². The second kappa shape index (κ2) is 7.23. The second-order valence-corrected chi connectivity index (χ2v) is 8.55. The molecule has 0 spiro atoms. The fourth-order valence-electron chi connectivity index (χ4n) is 2.99. The van der Waals surface area contributed by atoms with E-state index in [4.69, 9.17) is 16.0 Å². The zero-order chi connectivity index (χ0) is 14.7. The Morgan fingerprint density at radius 3 is 3.00 bits per heavy atom. The quantitative estimate of drug-likeness (QED) is 0.766. The second-order valence-electron chi connectivity index (χ2n) is 5.29. The van der Waals surface area contributed by atoms with Crippen molar-refractivity contribution >= 4 is 34.7 Å². The van der Waals surface area contributed by atoms with Gasteiger partial charge in [0, 0.05) is 16.2 Å². The van der Waals surface area contributed by atoms with E-state index in [1.807, 2.05) is 18.2 Å². The van der Waals surface area contributed by atoms with Crippen LogP contribution in [0.4, 0.5) is 0 Å². The average molecular weight is 342 g/mol. The Bertz CT molecular complexity index is 554. The van der Waals surface area contributed by atoms with E-state index < -0.39 is 0 Å². The van der Waals surface area contributed by atoms with Crippen LogP contribution in [0.15, 0.2) is 34.9 Å². The molecule has 114 valence electrons. The smallest absolute Gasteiger partial charge is 0.126 e. The van der Waals surface area contributed by atoms with Crippen molar-refractivity contribution < 1.29 is 4.42 Å². The maximum absolute atomic E-state index is 6.12. The minimum absolute atomic E-state index is 0.112. The number of rotatable bonds is 6. The highest BCUT2D eigenvalue weighted by Crippen LogP contribution is 2.36. The molecular formula is C16H20ClNOS2. The highest BCUT2D eigenvalue weighted by molar-refractivity contribution is 7.99. The van der Waals surface area contributed by atoms with Crippen LogP contribution in [0, 0.1) is 0 Å². The lowest BCUT2D eigenvalue weighted by Crippen LogP contribution is -2.37. The zero-order valence-corrected chi connectivity index (χ0v) is 14.4. The number of nitrogens with one attached hydrogen (secondary N) is 1. The predicted octanol–water partition coefficient (Wildman–Crippen LogP) is 5.35. The maximum atomic E-state index is 6.12. The summed E-state index contributed by atoms with van der Waals surface area (Å²) < 4.78 is 6.49. The van der Waals surface area contributed by atoms with Crippen LogP contribution < -0.4 is 5.32 Å². The molecule has 0 aliphatic heterocycles. The van der Waals surface area contributed by atoms with Gasteiger partial charge in [-0.15, -0.1) is 11.3 Å². The summed E-state index contributed by atoms with van der Waals surface area (Å²) in [5.74, 6) is 2.15. The van der Waals surface area contributed by atoms with Crippen molar-refractivity contribution in [2.45, 2.75) is 43.5 Å². The van der Waals surface area contributed by atoms with Gasteiger partial charge in [-0.1, -0.05) is 24.9 Å². The molecule has 1 fully saturated rings. The molecule has 5 heteroatoms. The number of thioether (sulfide) groups is 1. The molecule has 0 bridgehead atoms. The van der Waals surface area contributed by atoms with Crippen molar-refractivity contribution in [2.75, 3.05) is 5.75 Å². The first-order valence-corrected chi connectivity index (χ1v) is 9.68. The molecule has 1 N–H and O–H groups in total. The Kier molecular flexibility index (Phi) is 5.33. The highest BCUT2D eigenvalue weighted by Gasteiger charge is 2.31. The lowest BCUT2D eigenvalue weighted by Gasteiger charge is -2.25. The fraction of sp³-hybridized carbons (Fsp3) is 0.500. The van der Waals surface area contributed by atoms with Gasteiger partial charge in [0.2, 0.25) is 0 Å². The largest absolute Gasteiger partial charge is 0.467 e. The van der Waals surface area contributed by atoms with Gasteiger partial charge in [0.1, 0.15) is 11.8 Å². The van der Waals surface area contributed by atoms with Crippen LogP contribution in [0.2, 0.25) is 4.34 Å². The van der Waals surface area contributed by atoms with E-state index in [2.05, 4.69) is 30.1 Å². The first kappa shape index (κ1) is 15.5. The molecule has 0 saturated heterocycles. The third-order valence-corrected chi connectivity index (χ3v) is 6.54. The van der Waals surface area contributed by atoms with Gasteiger partial charge >= 0.3 is 0 Å². The van der Waals surface area contributed by atoms with Crippen molar-refractivity contribution in [1.82, 2.24) is 5.32 Å². The topological polar surface area (TPSA) is 25.2 Å². The standard InChI is InChI=1S/C16H20ClNOS2/c1-2-20-13-7-3-5-11(13)18-16(12-6-4-10-19-12)14-8-9-15(17)21-14/h4,6,8-11,13,16,18H,2-3,5,7H2,1H3. The average Bonchev–Trinajstić information content (AvgIpc) is 3.18. The van der Waals surface area contributed by atoms with E-state index in [-0.39, 0.29) is 6.04 Å². The van der Waals surface area contributed by atoms with Gasteiger partial charge < -0.3 is 4.42 Å². The van der Waals surface area contributed by atoms with E-state index in [1.165, 1.54) is 29.9 Å². The van der Waals surface area contributed by atoms with E-state index in [9.17, 15) is 0 Å². The summed E-state index contributed by atoms with van der Waals surface area (Å²) in [7, 11) is 0. The van der Waals surface area contributed by atoms with Gasteiger partial charge in [0.25, 0.3) is 0 Å². The number of thiophene rings is 1. The SMILES string of the molecule is CCSC1CCCC1NC(c1ccco1)c1ccc(Cl)s1. The van der Waals surface area contributed by atoms with Crippen molar-refractivity contribution in [3.63, 3.8) is 0 Å². The first-order chi connectivity index (χ1) is 10.3. The summed E-state index contributed by atoms with van der Waals surface area (Å²) in [5.41, 5.74) is 0. The highest BCUT2D eigenvalue weighted by atomic mass is 35.5. The van der Waals surface area contributed by atoms with Crippen LogP contribution in [0.3, 0.4) is 0 Å². The Labute approximate surface area is 139 Å². The molecule has 2 aromatic rings. The summed E-state index contributed by atoms with van der Waals surface area (Å²) in [6, 6.07) is 8.72. The molecule has 0 amide bonds. The first-order valence-electron chi connectivity index (χ1n) is 7.44. The molecule has 2 nitrogen and oxygen atoms in total. The molecule has 3 unspecified atom stereocenters. The Hall–Kier alpha value is -0.420. The van der Waals surface area contributed by atoms with Crippen molar-refractivity contribution in [3.8, 4) is 0 Å². The van der Waals surface area contributed by atoms with E-state index in [1.54, 1.807) is 17.6 Å². The van der Waals surface area contributed by atoms with Crippen LogP contribution in [0.1, 0.15) is 42.9 Å². The van der Waals surface area contributed by atoms with Crippen molar-refractivity contribution in [3.05, 3.63) is 45.5 Å². The van der Waals surface area contributed by atoms with Gasteiger partial charge in [-0.25, -0.2) is 0 Å². The monoisotopic (exact) mass is 341 g/mol. The van der Waals surface area contributed by atoms with E-state index >= 15 is 0 Å². The van der Waals surface area contributed by atoms with Crippen LogP contribution in [-0.2, 0) is 0 Å². The Balaban J connectivity index is 1.80. The lowest BCUT2D eigenvalue weighted by atomic mass is 10.1. The molecule has 2 heterocycles. The zero-order valence-electron chi connectivity index (χ0n) is 12.0. The van der Waals surface area contributed by atoms with Gasteiger partial charge in [-0.2, -0.15) is 11.8 Å². The molecule has 0 aromatic carbocycles. The summed E-state index contributed by atoms with van der Waals surface area (Å²) >= 11 is 9.82. The van der Waals surface area contributed by atoms with E-state index in [0.29, 0.717) is 11.3 Å². The van der Waals surface area contributed by atoms with Crippen LogP contribution >= 0.6 is 34.7 Å². The molecule has 21 heavy (non-hydrogen) atoms. The number of hydrogen-bond acceptors (Lipinski definition) is 4. The third kappa shape index (κ3) is 3.67. The molecule has 1 aliphatic rings. The van der Waals surface area contributed by atoms with Crippen molar-refractivity contribution in [1.29, 1.82) is 0 Å². The van der Waals surface area contributed by atoms with Crippen molar-refractivity contribution in [2.24, 2.45) is 0 Å². The lowest BCUT2D eigenvalue weighted by molar-refractivity contribution is 0.412. The van der Waals surface area contributed by atoms with Gasteiger partial charge in [0.15, 0.2) is 0 Å². The molecule has 1 saturated carbocycles. The number of furan rings is 1. The van der Waals surface area contributed by atoms with E-state index in [0.717, 1.165) is 10.1 Å². The summed E-state index contributed by atoms with van der Waals surface area (Å²) in [4.78, 5) is 1.22. The normalized spacial score (nSPS) is 23.5. The molecular weight excluding hydrogens is 322 g/mol. The molecule has 2 aromatic heterocycles. The molecule has 3 rings (SSSR count). The minimum atomic E-state index is 0.112. The van der Waals surface area contributed by atoms with Gasteiger partial charge in [-0.05, 0) is 42.9 Å². The molecule has 3 atom stereocenters. The summed E-state index contributed by atoms with van der Waals surface area (Å²) in [6.07, 6.45) is 5.61. The van der Waals surface area contributed by atoms with Gasteiger partial charge in [0.05, 0.1) is 10.6 Å². The maximum Gasteiger partial charge on any atom is 0.126 e. The fourth-order valence-corrected chi connectivity index (χ4v) is 5.33. The Morgan fingerprint density at radius 1 is 1.43 bits per heavy atom. The minimum Gasteiger partial charge on any atom is -0.467 e. The third-order valence-electron chi connectivity index (χ3n) is 3.92. The predicted molar refractivity (Wildman–Crippen MR) is 92.6 cm³/mol. The molecule has 0 radical (unpaired) electrons. The number of hydrogen-bond donors (Lipinski definition) is 1. The number of halogens is 1. The van der Waals surface area contributed by atoms with Crippen LogP contribution in [-0.4, -0.2) is 17.0 Å². The summed E-state index contributed by atoms with van der Waals surface area (Å²) in [6.45, 7) is 2.24. The Morgan fingerprint density at radius 2 is 2.33 bits per heavy atom. The van der Waals surface area contributed by atoms with Crippen LogP contribution in [0.25, 0.3) is 0 Å². The summed E-state index contributed by atoms with van der Waals surface area (Å²) in [5, 5.41) is 4.53.